The number of aryl methyl sites for hydroxylation is 1. The molecule has 2 aromatic rings. The predicted molar refractivity (Wildman–Crippen MR) is 57.7 cm³/mol. The lowest BCUT2D eigenvalue weighted by atomic mass is 10.0. The van der Waals surface area contributed by atoms with Gasteiger partial charge in [-0.3, -0.25) is 4.79 Å². The van der Waals surface area contributed by atoms with Crippen molar-refractivity contribution in [1.29, 1.82) is 0 Å². The molecular formula is C11H13N3O. The largest absolute Gasteiger partial charge is 0.335 e. The molecule has 0 aliphatic heterocycles. The maximum absolute atomic E-state index is 11.9. The van der Waals surface area contributed by atoms with Crippen LogP contribution in [0.2, 0.25) is 0 Å². The van der Waals surface area contributed by atoms with Gasteiger partial charge in [0.25, 0.3) is 0 Å². The van der Waals surface area contributed by atoms with Gasteiger partial charge in [0.05, 0.1) is 0 Å². The molecule has 2 rings (SSSR count). The Labute approximate surface area is 88.0 Å². The van der Waals surface area contributed by atoms with Crippen LogP contribution in [-0.4, -0.2) is 20.3 Å². The molecule has 78 valence electrons. The van der Waals surface area contributed by atoms with Gasteiger partial charge in [0, 0.05) is 24.5 Å². The molecule has 0 aromatic carbocycles. The Balaban J connectivity index is 2.66. The van der Waals surface area contributed by atoms with Gasteiger partial charge in [-0.25, -0.2) is 9.97 Å². The molecule has 0 radical (unpaired) electrons. The second-order valence-electron chi connectivity index (χ2n) is 3.91. The number of carbonyl (C=O) groups is 1. The molecule has 15 heavy (non-hydrogen) atoms. The maximum Gasteiger partial charge on any atom is 0.184 e. The van der Waals surface area contributed by atoms with E-state index in [9.17, 15) is 4.79 Å². The minimum atomic E-state index is -0.0386. The summed E-state index contributed by atoms with van der Waals surface area (Å²) in [4.78, 5) is 20.1. The van der Waals surface area contributed by atoms with Crippen molar-refractivity contribution in [2.75, 3.05) is 0 Å². The van der Waals surface area contributed by atoms with Crippen LogP contribution in [0, 0.1) is 5.92 Å². The van der Waals surface area contributed by atoms with E-state index in [2.05, 4.69) is 9.97 Å². The first-order valence-corrected chi connectivity index (χ1v) is 4.91. The highest BCUT2D eigenvalue weighted by Crippen LogP contribution is 2.17. The summed E-state index contributed by atoms with van der Waals surface area (Å²) in [6, 6.07) is 1.88. The van der Waals surface area contributed by atoms with Gasteiger partial charge < -0.3 is 4.57 Å². The zero-order valence-corrected chi connectivity index (χ0v) is 9.06. The van der Waals surface area contributed by atoms with E-state index >= 15 is 0 Å². The summed E-state index contributed by atoms with van der Waals surface area (Å²) in [6.45, 7) is 3.75. The number of hydrogen-bond donors (Lipinski definition) is 0. The normalized spacial score (nSPS) is 11.2. The molecule has 4 heteroatoms. The smallest absolute Gasteiger partial charge is 0.184 e. The lowest BCUT2D eigenvalue weighted by Gasteiger charge is -2.04. The highest BCUT2D eigenvalue weighted by molar-refractivity contribution is 6.05. The van der Waals surface area contributed by atoms with Gasteiger partial charge in [0.2, 0.25) is 0 Å². The molecule has 0 aliphatic carbocycles. The molecule has 0 atom stereocenters. The molecule has 4 nitrogen and oxygen atoms in total. The standard InChI is InChI=1S/C11H13N3O/c1-7(2)10(15)9-8-4-5-14(3)11(8)13-6-12-9/h4-7H,1-3H3. The third-order valence-electron chi connectivity index (χ3n) is 2.42. The molecule has 2 heterocycles. The molecule has 0 unspecified atom stereocenters. The van der Waals surface area contributed by atoms with Crippen molar-refractivity contribution in [3.05, 3.63) is 24.3 Å². The monoisotopic (exact) mass is 203 g/mol. The van der Waals surface area contributed by atoms with E-state index in [4.69, 9.17) is 0 Å². The Morgan fingerprint density at radius 2 is 2.13 bits per heavy atom. The van der Waals surface area contributed by atoms with Gasteiger partial charge in [-0.2, -0.15) is 0 Å². The number of Topliss-reactive ketones (excluding diaryl/α,β-unsaturated/α-hetero) is 1. The van der Waals surface area contributed by atoms with E-state index in [1.807, 2.05) is 37.7 Å². The Hall–Kier alpha value is -1.71. The highest BCUT2D eigenvalue weighted by Gasteiger charge is 2.16. The molecule has 0 saturated carbocycles. The number of carbonyl (C=O) groups excluding carboxylic acids is 1. The number of nitrogens with zero attached hydrogens (tertiary/aromatic N) is 3. The Bertz CT molecular complexity index is 514. The molecule has 0 bridgehead atoms. The van der Waals surface area contributed by atoms with Crippen LogP contribution >= 0.6 is 0 Å². The number of fused-ring (bicyclic) bond motifs is 1. The van der Waals surface area contributed by atoms with Crippen molar-refractivity contribution in [3.8, 4) is 0 Å². The van der Waals surface area contributed by atoms with Crippen LogP contribution in [0.4, 0.5) is 0 Å². The van der Waals surface area contributed by atoms with Crippen LogP contribution in [0.3, 0.4) is 0 Å². The lowest BCUT2D eigenvalue weighted by Crippen LogP contribution is -2.10. The summed E-state index contributed by atoms with van der Waals surface area (Å²) in [5.74, 6) is 0.0249. The number of aromatic nitrogens is 3. The highest BCUT2D eigenvalue weighted by atomic mass is 16.1. The topological polar surface area (TPSA) is 47.8 Å². The fraction of sp³-hybridized carbons (Fsp3) is 0.364. The molecule has 0 saturated heterocycles. The third kappa shape index (κ3) is 1.52. The van der Waals surface area contributed by atoms with Crippen LogP contribution < -0.4 is 0 Å². The van der Waals surface area contributed by atoms with Gasteiger partial charge in [0.15, 0.2) is 5.78 Å². The fourth-order valence-electron chi connectivity index (χ4n) is 1.55. The lowest BCUT2D eigenvalue weighted by molar-refractivity contribution is 0.0936. The van der Waals surface area contributed by atoms with Crippen LogP contribution in [0.25, 0.3) is 11.0 Å². The van der Waals surface area contributed by atoms with Crippen molar-refractivity contribution in [2.45, 2.75) is 13.8 Å². The molecule has 0 N–H and O–H groups in total. The van der Waals surface area contributed by atoms with E-state index in [1.165, 1.54) is 6.33 Å². The molecular weight excluding hydrogens is 190 g/mol. The average Bonchev–Trinajstić information content (AvgIpc) is 2.59. The van der Waals surface area contributed by atoms with Gasteiger partial charge in [-0.05, 0) is 6.07 Å². The molecule has 0 fully saturated rings. The summed E-state index contributed by atoms with van der Waals surface area (Å²) < 4.78 is 1.88. The molecule has 0 amide bonds. The van der Waals surface area contributed by atoms with E-state index in [1.54, 1.807) is 0 Å². The summed E-state index contributed by atoms with van der Waals surface area (Å²) >= 11 is 0. The number of hydrogen-bond acceptors (Lipinski definition) is 3. The Kier molecular flexibility index (Phi) is 2.26. The van der Waals surface area contributed by atoms with E-state index in [-0.39, 0.29) is 11.7 Å². The SMILES string of the molecule is CC(C)C(=O)c1ncnc2c1ccn2C. The Morgan fingerprint density at radius 3 is 2.80 bits per heavy atom. The second kappa shape index (κ2) is 3.46. The minimum Gasteiger partial charge on any atom is -0.335 e. The Morgan fingerprint density at radius 1 is 1.40 bits per heavy atom. The van der Waals surface area contributed by atoms with Gasteiger partial charge in [0.1, 0.15) is 17.7 Å². The van der Waals surface area contributed by atoms with Crippen molar-refractivity contribution in [3.63, 3.8) is 0 Å². The number of ketones is 1. The van der Waals surface area contributed by atoms with E-state index in [0.717, 1.165) is 11.0 Å². The van der Waals surface area contributed by atoms with Crippen molar-refractivity contribution < 1.29 is 4.79 Å². The van der Waals surface area contributed by atoms with Crippen LogP contribution in [0.1, 0.15) is 24.3 Å². The second-order valence-corrected chi connectivity index (χ2v) is 3.91. The average molecular weight is 203 g/mol. The first kappa shape index (κ1) is 9.83. The summed E-state index contributed by atoms with van der Waals surface area (Å²) in [5.41, 5.74) is 1.32. The summed E-state index contributed by atoms with van der Waals surface area (Å²) in [5, 5.41) is 0.832. The predicted octanol–water partition coefficient (Wildman–Crippen LogP) is 1.81. The van der Waals surface area contributed by atoms with E-state index in [0.29, 0.717) is 5.69 Å². The molecule has 0 aliphatic rings. The minimum absolute atomic E-state index is 0.0386. The molecule has 2 aromatic heterocycles. The third-order valence-corrected chi connectivity index (χ3v) is 2.42. The van der Waals surface area contributed by atoms with Crippen molar-refractivity contribution >= 4 is 16.8 Å². The van der Waals surface area contributed by atoms with Crippen molar-refractivity contribution in [1.82, 2.24) is 14.5 Å². The van der Waals surface area contributed by atoms with Gasteiger partial charge >= 0.3 is 0 Å². The quantitative estimate of drug-likeness (QED) is 0.699. The first-order chi connectivity index (χ1) is 7.11. The fourth-order valence-corrected chi connectivity index (χ4v) is 1.55. The number of rotatable bonds is 2. The maximum atomic E-state index is 11.9. The van der Waals surface area contributed by atoms with Crippen LogP contribution in [-0.2, 0) is 7.05 Å². The zero-order chi connectivity index (χ0) is 11.0. The van der Waals surface area contributed by atoms with E-state index < -0.39 is 0 Å². The van der Waals surface area contributed by atoms with Crippen molar-refractivity contribution in [2.24, 2.45) is 13.0 Å². The summed E-state index contributed by atoms with van der Waals surface area (Å²) in [7, 11) is 1.90. The van der Waals surface area contributed by atoms with Gasteiger partial charge in [-0.1, -0.05) is 13.8 Å². The zero-order valence-electron chi connectivity index (χ0n) is 9.06. The first-order valence-electron chi connectivity index (χ1n) is 4.91. The van der Waals surface area contributed by atoms with Crippen LogP contribution in [0.15, 0.2) is 18.6 Å². The molecule has 0 spiro atoms. The summed E-state index contributed by atoms with van der Waals surface area (Å²) in [6.07, 6.45) is 3.33. The van der Waals surface area contributed by atoms with Crippen LogP contribution in [0.5, 0.6) is 0 Å². The van der Waals surface area contributed by atoms with Gasteiger partial charge in [-0.15, -0.1) is 0 Å².